The number of hydrogen-bond acceptors (Lipinski definition) is 4. The summed E-state index contributed by atoms with van der Waals surface area (Å²) < 4.78 is 14.3. The molecule has 3 N–H and O–H groups in total. The molecule has 0 aliphatic heterocycles. The number of aromatic amines is 1. The van der Waals surface area contributed by atoms with Crippen LogP contribution in [-0.2, 0) is 24.3 Å². The molecule has 176 valence electrons. The van der Waals surface area contributed by atoms with Gasteiger partial charge < -0.3 is 20.4 Å². The fourth-order valence-corrected chi connectivity index (χ4v) is 3.68. The first kappa shape index (κ1) is 25.1. The van der Waals surface area contributed by atoms with Crippen molar-refractivity contribution in [2.75, 3.05) is 7.05 Å². The van der Waals surface area contributed by atoms with Gasteiger partial charge in [-0.3, -0.25) is 9.78 Å². The quantitative estimate of drug-likeness (QED) is 0.331. The number of fused-ring (bicyclic) bond motifs is 1. The van der Waals surface area contributed by atoms with Crippen molar-refractivity contribution in [2.45, 2.75) is 26.4 Å². The summed E-state index contributed by atoms with van der Waals surface area (Å²) in [6.45, 7) is 2.32. The number of benzene rings is 2. The molecule has 4 aromatic rings. The van der Waals surface area contributed by atoms with Crippen LogP contribution in [0.5, 0.6) is 0 Å². The van der Waals surface area contributed by atoms with E-state index >= 15 is 0 Å². The predicted molar refractivity (Wildman–Crippen MR) is 132 cm³/mol. The topological polar surface area (TPSA) is 86.9 Å². The molecule has 0 saturated carbocycles. The van der Waals surface area contributed by atoms with Crippen LogP contribution in [0.4, 0.5) is 4.39 Å². The molecule has 0 aliphatic rings. The Bertz CT molecular complexity index is 1270. The van der Waals surface area contributed by atoms with E-state index in [0.29, 0.717) is 28.1 Å². The first-order valence-corrected chi connectivity index (χ1v) is 11.1. The number of H-pyrrole nitrogens is 1. The summed E-state index contributed by atoms with van der Waals surface area (Å²) in [6, 6.07) is 14.7. The number of rotatable bonds is 7. The molecule has 4 rings (SSSR count). The summed E-state index contributed by atoms with van der Waals surface area (Å²) >= 11 is 6.11. The third-order valence-electron chi connectivity index (χ3n) is 5.11. The maximum absolute atomic E-state index is 14.3. The van der Waals surface area contributed by atoms with Crippen molar-refractivity contribution in [3.05, 3.63) is 99.7 Å². The van der Waals surface area contributed by atoms with Crippen LogP contribution < -0.4 is 10.6 Å². The van der Waals surface area contributed by atoms with Crippen LogP contribution in [0.15, 0.2) is 60.9 Å². The number of hydrogen-bond donors (Lipinski definition) is 3. The number of nitrogens with one attached hydrogen (secondary N) is 3. The van der Waals surface area contributed by atoms with Gasteiger partial charge in [0.05, 0.1) is 5.02 Å². The van der Waals surface area contributed by atoms with E-state index in [1.807, 2.05) is 7.05 Å². The molecule has 0 bridgehead atoms. The van der Waals surface area contributed by atoms with Crippen molar-refractivity contribution in [1.82, 2.24) is 20.6 Å². The maximum atomic E-state index is 14.3. The fraction of sp³-hybridized carbons (Fsp3) is 0.192. The van der Waals surface area contributed by atoms with E-state index in [4.69, 9.17) is 16.4 Å². The Labute approximate surface area is 202 Å². The van der Waals surface area contributed by atoms with Crippen LogP contribution in [0.2, 0.25) is 5.02 Å². The second-order valence-electron chi connectivity index (χ2n) is 7.60. The van der Waals surface area contributed by atoms with Crippen LogP contribution in [0.3, 0.4) is 0 Å². The minimum absolute atomic E-state index is 0.0622. The zero-order valence-electron chi connectivity index (χ0n) is 19.0. The van der Waals surface area contributed by atoms with Crippen molar-refractivity contribution in [2.24, 2.45) is 0 Å². The number of pyridine rings is 1. The van der Waals surface area contributed by atoms with Gasteiger partial charge in [0.2, 0.25) is 0 Å². The van der Waals surface area contributed by atoms with Gasteiger partial charge in [-0.2, -0.15) is 0 Å². The van der Waals surface area contributed by atoms with Gasteiger partial charge in [0.15, 0.2) is 0 Å². The number of nitrogens with zero attached hydrogens (tertiary/aromatic N) is 1. The fourth-order valence-electron chi connectivity index (χ4n) is 3.47. The molecule has 0 radical (unpaired) electrons. The summed E-state index contributed by atoms with van der Waals surface area (Å²) in [7, 11) is 1.91. The normalized spacial score (nSPS) is 10.5. The average molecular weight is 481 g/mol. The minimum atomic E-state index is -0.400. The Kier molecular flexibility index (Phi) is 8.90. The van der Waals surface area contributed by atoms with Crippen molar-refractivity contribution >= 4 is 34.7 Å². The number of aldehydes is 1. The van der Waals surface area contributed by atoms with Crippen LogP contribution in [0.1, 0.15) is 39.7 Å². The van der Waals surface area contributed by atoms with Gasteiger partial charge in [-0.25, -0.2) is 4.39 Å². The highest BCUT2D eigenvalue weighted by Gasteiger charge is 2.12. The molecule has 0 atom stereocenters. The second-order valence-corrected chi connectivity index (χ2v) is 8.01. The Balaban J connectivity index is 0.00000103. The number of halogens is 2. The number of aromatic nitrogens is 2. The Hall–Kier alpha value is -3.55. The van der Waals surface area contributed by atoms with Crippen molar-refractivity contribution in [3.8, 4) is 0 Å². The highest BCUT2D eigenvalue weighted by molar-refractivity contribution is 6.35. The molecule has 0 saturated heterocycles. The summed E-state index contributed by atoms with van der Waals surface area (Å²) in [5.74, 6) is -0.684. The summed E-state index contributed by atoms with van der Waals surface area (Å²) in [5.41, 5.74) is 4.59. The maximum Gasteiger partial charge on any atom is 0.251 e. The van der Waals surface area contributed by atoms with Crippen molar-refractivity contribution in [3.63, 3.8) is 0 Å². The monoisotopic (exact) mass is 480 g/mol. The lowest BCUT2D eigenvalue weighted by Crippen LogP contribution is -2.23. The molecule has 2 aromatic carbocycles. The van der Waals surface area contributed by atoms with E-state index in [0.717, 1.165) is 29.5 Å². The third-order valence-corrected chi connectivity index (χ3v) is 5.42. The first-order valence-electron chi connectivity index (χ1n) is 10.8. The predicted octanol–water partition coefficient (Wildman–Crippen LogP) is 4.80. The molecule has 6 nitrogen and oxygen atoms in total. The summed E-state index contributed by atoms with van der Waals surface area (Å²) in [4.78, 5) is 28.7. The minimum Gasteiger partial charge on any atom is -0.360 e. The average Bonchev–Trinajstić information content (AvgIpc) is 3.18. The van der Waals surface area contributed by atoms with E-state index in [2.05, 4.69) is 44.9 Å². The first-order chi connectivity index (χ1) is 16.4. The standard InChI is InChI=1S/C24H22ClFN4O.C2H4O/c1-27-12-16-4-2-15(3-5-16)8-19-9-17(6-7-28-19)24(31)30-13-18-10-20-21(25)14-29-23(20)11-22(18)26;1-2-3/h2-7,9-11,14,27,29H,8,12-13H2,1H3,(H,30,31);2H,1H3. The van der Waals surface area contributed by atoms with Crippen molar-refractivity contribution < 1.29 is 14.0 Å². The Morgan fingerprint density at radius 1 is 1.12 bits per heavy atom. The highest BCUT2D eigenvalue weighted by atomic mass is 35.5. The number of carbonyl (C=O) groups excluding carboxylic acids is 2. The molecule has 1 amide bonds. The summed E-state index contributed by atoms with van der Waals surface area (Å²) in [5, 5.41) is 7.14. The second kappa shape index (κ2) is 12.1. The largest absolute Gasteiger partial charge is 0.360 e. The Morgan fingerprint density at radius 3 is 2.53 bits per heavy atom. The van der Waals surface area contributed by atoms with Gasteiger partial charge in [-0.15, -0.1) is 0 Å². The molecule has 0 unspecified atom stereocenters. The van der Waals surface area contributed by atoms with E-state index in [1.54, 1.807) is 30.6 Å². The molecule has 0 fully saturated rings. The smallest absolute Gasteiger partial charge is 0.251 e. The zero-order valence-corrected chi connectivity index (χ0v) is 19.7. The van der Waals surface area contributed by atoms with Crippen LogP contribution in [-0.4, -0.2) is 29.2 Å². The molecule has 8 heteroatoms. The molecule has 0 spiro atoms. The lowest BCUT2D eigenvalue weighted by molar-refractivity contribution is -0.106. The Morgan fingerprint density at radius 2 is 1.82 bits per heavy atom. The molecular weight excluding hydrogens is 455 g/mol. The van der Waals surface area contributed by atoms with E-state index in [1.165, 1.54) is 18.6 Å². The van der Waals surface area contributed by atoms with E-state index in [-0.39, 0.29) is 12.5 Å². The van der Waals surface area contributed by atoms with Gasteiger partial charge in [0, 0.05) is 59.6 Å². The van der Waals surface area contributed by atoms with Gasteiger partial charge in [-0.1, -0.05) is 35.9 Å². The SMILES string of the molecule is CC=O.CNCc1ccc(Cc2cc(C(=O)NCc3cc4c(Cl)c[nH]c4cc3F)ccn2)cc1. The lowest BCUT2D eigenvalue weighted by Gasteiger charge is -2.09. The molecule has 2 heterocycles. The van der Waals surface area contributed by atoms with Crippen LogP contribution >= 0.6 is 11.6 Å². The molecule has 2 aromatic heterocycles. The molecule has 0 aliphatic carbocycles. The van der Waals surface area contributed by atoms with Gasteiger partial charge >= 0.3 is 0 Å². The van der Waals surface area contributed by atoms with Crippen molar-refractivity contribution in [1.29, 1.82) is 0 Å². The summed E-state index contributed by atoms with van der Waals surface area (Å²) in [6.07, 6.45) is 4.60. The lowest BCUT2D eigenvalue weighted by atomic mass is 10.1. The van der Waals surface area contributed by atoms with Gasteiger partial charge in [0.1, 0.15) is 12.1 Å². The zero-order chi connectivity index (χ0) is 24.5. The molecular formula is C26H26ClFN4O2. The van der Waals surface area contributed by atoms with Gasteiger partial charge in [-0.05, 0) is 49.4 Å². The van der Waals surface area contributed by atoms with E-state index in [9.17, 15) is 9.18 Å². The highest BCUT2D eigenvalue weighted by Crippen LogP contribution is 2.25. The van der Waals surface area contributed by atoms with Crippen LogP contribution in [0, 0.1) is 5.82 Å². The van der Waals surface area contributed by atoms with Crippen LogP contribution in [0.25, 0.3) is 10.9 Å². The van der Waals surface area contributed by atoms with E-state index < -0.39 is 5.82 Å². The molecule has 34 heavy (non-hydrogen) atoms. The third kappa shape index (κ3) is 6.50. The number of carbonyl (C=O) groups is 2. The number of amides is 1. The van der Waals surface area contributed by atoms with Gasteiger partial charge in [0.25, 0.3) is 5.91 Å².